The Morgan fingerprint density at radius 2 is 1.88 bits per heavy atom. The first-order valence-corrected chi connectivity index (χ1v) is 10.7. The number of rotatable bonds is 7. The molecule has 0 unspecified atom stereocenters. The summed E-state index contributed by atoms with van der Waals surface area (Å²) in [6.45, 7) is 8.09. The summed E-state index contributed by atoms with van der Waals surface area (Å²) >= 11 is 0. The van der Waals surface area contributed by atoms with Crippen molar-refractivity contribution in [2.24, 2.45) is 4.99 Å². The van der Waals surface area contributed by atoms with E-state index in [-0.39, 0.29) is 24.0 Å². The number of benzene rings is 1. The maximum atomic E-state index is 4.76. The van der Waals surface area contributed by atoms with Gasteiger partial charge < -0.3 is 10.6 Å². The van der Waals surface area contributed by atoms with Gasteiger partial charge in [0.05, 0.1) is 17.9 Å². The largest absolute Gasteiger partial charge is 0.357 e. The highest BCUT2D eigenvalue weighted by molar-refractivity contribution is 14.0. The highest BCUT2D eigenvalue weighted by Gasteiger charge is 2.09. The summed E-state index contributed by atoms with van der Waals surface area (Å²) < 4.78 is 3.73. The maximum Gasteiger partial charge on any atom is 0.191 e. The summed E-state index contributed by atoms with van der Waals surface area (Å²) in [6, 6.07) is 16.2. The van der Waals surface area contributed by atoms with Crippen LogP contribution in [0, 0.1) is 13.8 Å². The number of para-hydroxylation sites is 1. The number of hydrogen-bond donors (Lipinski definition) is 2. The minimum atomic E-state index is 0. The van der Waals surface area contributed by atoms with E-state index in [0.717, 1.165) is 46.5 Å². The van der Waals surface area contributed by atoms with Gasteiger partial charge in [-0.1, -0.05) is 18.2 Å². The lowest BCUT2D eigenvalue weighted by molar-refractivity contribution is 0.783. The second-order valence-electron chi connectivity index (χ2n) is 7.49. The first-order chi connectivity index (χ1) is 15.6. The van der Waals surface area contributed by atoms with E-state index in [1.54, 1.807) is 17.1 Å². The zero-order valence-electron chi connectivity index (χ0n) is 19.1. The highest BCUT2D eigenvalue weighted by Crippen LogP contribution is 2.17. The van der Waals surface area contributed by atoms with Gasteiger partial charge in [-0.25, -0.2) is 19.3 Å². The summed E-state index contributed by atoms with van der Waals surface area (Å²) in [5.41, 5.74) is 5.40. The van der Waals surface area contributed by atoms with E-state index in [0.29, 0.717) is 13.1 Å². The van der Waals surface area contributed by atoms with Crippen LogP contribution in [0.4, 0.5) is 0 Å². The second-order valence-corrected chi connectivity index (χ2v) is 7.49. The van der Waals surface area contributed by atoms with Gasteiger partial charge in [0.15, 0.2) is 11.8 Å². The van der Waals surface area contributed by atoms with Gasteiger partial charge >= 0.3 is 0 Å². The lowest BCUT2D eigenvalue weighted by Gasteiger charge is -2.15. The Morgan fingerprint density at radius 3 is 2.61 bits per heavy atom. The third-order valence-electron chi connectivity index (χ3n) is 4.99. The van der Waals surface area contributed by atoms with Crippen molar-refractivity contribution in [3.63, 3.8) is 0 Å². The minimum absolute atomic E-state index is 0. The number of guanidine groups is 1. The van der Waals surface area contributed by atoms with Crippen molar-refractivity contribution in [3.8, 4) is 11.5 Å². The minimum Gasteiger partial charge on any atom is -0.357 e. The number of hydrogen-bond acceptors (Lipinski definition) is 4. The normalized spacial score (nSPS) is 11.2. The van der Waals surface area contributed by atoms with Gasteiger partial charge in [-0.05, 0) is 62.2 Å². The molecule has 33 heavy (non-hydrogen) atoms. The summed E-state index contributed by atoms with van der Waals surface area (Å²) in [5, 5.41) is 15.7. The molecule has 3 heterocycles. The quantitative estimate of drug-likeness (QED) is 0.205. The molecule has 0 fully saturated rings. The fourth-order valence-corrected chi connectivity index (χ4v) is 3.52. The highest BCUT2D eigenvalue weighted by atomic mass is 127. The van der Waals surface area contributed by atoms with Crippen molar-refractivity contribution in [3.05, 3.63) is 89.6 Å². The van der Waals surface area contributed by atoms with Gasteiger partial charge in [-0.3, -0.25) is 0 Å². The number of nitrogens with one attached hydrogen (secondary N) is 2. The molecule has 9 heteroatoms. The molecule has 0 amide bonds. The first-order valence-electron chi connectivity index (χ1n) is 10.7. The topological polar surface area (TPSA) is 85.0 Å². The summed E-state index contributed by atoms with van der Waals surface area (Å²) in [7, 11) is 0. The molecular weight excluding hydrogens is 527 g/mol. The van der Waals surface area contributed by atoms with Crippen LogP contribution in [0.1, 0.15) is 29.4 Å². The molecule has 172 valence electrons. The fraction of sp³-hybridized carbons (Fsp3) is 0.250. The van der Waals surface area contributed by atoms with E-state index in [2.05, 4.69) is 57.9 Å². The van der Waals surface area contributed by atoms with Gasteiger partial charge in [0.25, 0.3) is 0 Å². The Balaban J connectivity index is 0.00000306. The van der Waals surface area contributed by atoms with Crippen LogP contribution in [0.3, 0.4) is 0 Å². The van der Waals surface area contributed by atoms with Crippen LogP contribution in [0.2, 0.25) is 0 Å². The Bertz CT molecular complexity index is 1200. The predicted molar refractivity (Wildman–Crippen MR) is 141 cm³/mol. The molecule has 0 aliphatic rings. The summed E-state index contributed by atoms with van der Waals surface area (Å²) in [4.78, 5) is 9.14. The summed E-state index contributed by atoms with van der Waals surface area (Å²) in [6.07, 6.45) is 5.40. The maximum absolute atomic E-state index is 4.76. The zero-order valence-corrected chi connectivity index (χ0v) is 21.4. The monoisotopic (exact) mass is 556 g/mol. The molecule has 0 saturated heterocycles. The molecule has 0 atom stereocenters. The number of aryl methyl sites for hydroxylation is 2. The number of halogens is 1. The van der Waals surface area contributed by atoms with Gasteiger partial charge in [0, 0.05) is 37.4 Å². The molecule has 3 aromatic heterocycles. The molecule has 0 saturated carbocycles. The number of aromatic nitrogens is 5. The number of aliphatic imine (C=N–C) groups is 1. The van der Waals surface area contributed by atoms with Crippen LogP contribution in [-0.4, -0.2) is 37.0 Å². The lowest BCUT2D eigenvalue weighted by atomic mass is 10.1. The molecule has 4 aromatic rings. The molecule has 8 nitrogen and oxygen atoms in total. The molecule has 4 rings (SSSR count). The molecule has 2 N–H and O–H groups in total. The number of nitrogens with zero attached hydrogens (tertiary/aromatic N) is 6. The third kappa shape index (κ3) is 6.19. The molecule has 1 aromatic carbocycles. The molecule has 0 radical (unpaired) electrons. The van der Waals surface area contributed by atoms with E-state index in [1.807, 2.05) is 48.1 Å². The van der Waals surface area contributed by atoms with Crippen LogP contribution >= 0.6 is 24.0 Å². The average molecular weight is 556 g/mol. The second kappa shape index (κ2) is 11.6. The number of pyridine rings is 1. The molecule has 0 bridgehead atoms. The first kappa shape index (κ1) is 24.4. The Morgan fingerprint density at radius 1 is 1.03 bits per heavy atom. The Kier molecular flexibility index (Phi) is 8.58. The van der Waals surface area contributed by atoms with E-state index < -0.39 is 0 Å². The van der Waals surface area contributed by atoms with Crippen LogP contribution in [-0.2, 0) is 13.1 Å². The van der Waals surface area contributed by atoms with Crippen LogP contribution in [0.25, 0.3) is 11.5 Å². The van der Waals surface area contributed by atoms with Crippen molar-refractivity contribution < 1.29 is 0 Å². The summed E-state index contributed by atoms with van der Waals surface area (Å²) in [5.74, 6) is 1.53. The van der Waals surface area contributed by atoms with Crippen LogP contribution in [0.15, 0.2) is 72.1 Å². The SMILES string of the molecule is CCNC(=NCc1ccnc(-n2cccn2)c1)NCc1ccccc1-n1nc(C)cc1C.I. The van der Waals surface area contributed by atoms with Gasteiger partial charge in [0.2, 0.25) is 0 Å². The molecule has 0 spiro atoms. The van der Waals surface area contributed by atoms with Crippen LogP contribution < -0.4 is 10.6 Å². The smallest absolute Gasteiger partial charge is 0.191 e. The standard InChI is InChI=1S/C24H28N8.HI/c1-4-25-24(27-16-20-10-12-26-23(15-20)31-13-7-11-29-31)28-17-21-8-5-6-9-22(21)32-19(3)14-18(2)30-32;/h5-15H,4,16-17H2,1-3H3,(H2,25,27,28);1H. The molecule has 0 aliphatic heterocycles. The Hall–Kier alpha value is -3.21. The van der Waals surface area contributed by atoms with E-state index in [4.69, 9.17) is 4.99 Å². The molecule has 0 aliphatic carbocycles. The predicted octanol–water partition coefficient (Wildman–Crippen LogP) is 3.94. The van der Waals surface area contributed by atoms with Crippen molar-refractivity contribution in [1.29, 1.82) is 0 Å². The van der Waals surface area contributed by atoms with Gasteiger partial charge in [-0.15, -0.1) is 24.0 Å². The lowest BCUT2D eigenvalue weighted by Crippen LogP contribution is -2.37. The van der Waals surface area contributed by atoms with Crippen molar-refractivity contribution in [2.75, 3.05) is 6.54 Å². The molecular formula is C24H29IN8. The zero-order chi connectivity index (χ0) is 22.3. The van der Waals surface area contributed by atoms with Gasteiger partial charge in [0.1, 0.15) is 0 Å². The van der Waals surface area contributed by atoms with Gasteiger partial charge in [-0.2, -0.15) is 10.2 Å². The van der Waals surface area contributed by atoms with Crippen LogP contribution in [0.5, 0.6) is 0 Å². The van der Waals surface area contributed by atoms with Crippen molar-refractivity contribution in [2.45, 2.75) is 33.9 Å². The van der Waals surface area contributed by atoms with Crippen molar-refractivity contribution >= 4 is 29.9 Å². The third-order valence-corrected chi connectivity index (χ3v) is 4.99. The van der Waals surface area contributed by atoms with E-state index in [9.17, 15) is 0 Å². The van der Waals surface area contributed by atoms with Crippen molar-refractivity contribution in [1.82, 2.24) is 35.2 Å². The van der Waals surface area contributed by atoms with E-state index in [1.165, 1.54) is 0 Å². The average Bonchev–Trinajstić information content (AvgIpc) is 3.46. The fourth-order valence-electron chi connectivity index (χ4n) is 3.52. The van der Waals surface area contributed by atoms with E-state index >= 15 is 0 Å². The Labute approximate surface area is 211 Å².